The molecule has 1 saturated heterocycles. The molecule has 1 fully saturated rings. The number of rotatable bonds is 3. The van der Waals surface area contributed by atoms with E-state index in [-0.39, 0.29) is 18.9 Å². The van der Waals surface area contributed by atoms with Crippen LogP contribution >= 0.6 is 0 Å². The number of hydrogen-bond donors (Lipinski definition) is 3. The molecule has 0 aliphatic carbocycles. The quantitative estimate of drug-likeness (QED) is 0.227. The van der Waals surface area contributed by atoms with Gasteiger partial charge in [-0.1, -0.05) is 0 Å². The Hall–Kier alpha value is -1.63. The Bertz CT molecular complexity index is 286. The van der Waals surface area contributed by atoms with Crippen LogP contribution in [0, 0.1) is 0 Å². The maximum absolute atomic E-state index is 11.5. The highest BCUT2D eigenvalue weighted by molar-refractivity contribution is 6.34. The molecule has 0 aromatic rings. The van der Waals surface area contributed by atoms with Gasteiger partial charge in [-0.3, -0.25) is 19.8 Å². The van der Waals surface area contributed by atoms with E-state index in [1.807, 2.05) is 0 Å². The minimum atomic E-state index is -0.909. The molecular weight excluding hydrogens is 212 g/mol. The molecule has 1 aliphatic heterocycles. The lowest BCUT2D eigenvalue weighted by Crippen LogP contribution is -2.44. The first kappa shape index (κ1) is 12.4. The van der Waals surface area contributed by atoms with Gasteiger partial charge in [0.25, 0.3) is 0 Å². The van der Waals surface area contributed by atoms with Gasteiger partial charge in [-0.25, -0.2) is 5.84 Å². The average Bonchev–Trinajstić information content (AvgIpc) is 2.81. The fraction of sp³-hybridized carbons (Fsp3) is 0.667. The molecule has 0 saturated carbocycles. The minimum Gasteiger partial charge on any atom is -0.347 e. The summed E-state index contributed by atoms with van der Waals surface area (Å²) in [6.07, 6.45) is 2.28. The second kappa shape index (κ2) is 6.06. The van der Waals surface area contributed by atoms with E-state index in [1.54, 1.807) is 10.3 Å². The summed E-state index contributed by atoms with van der Waals surface area (Å²) in [5, 5.41) is 2.31. The molecule has 7 heteroatoms. The van der Waals surface area contributed by atoms with Gasteiger partial charge >= 0.3 is 11.8 Å². The Morgan fingerprint density at radius 3 is 2.31 bits per heavy atom. The van der Waals surface area contributed by atoms with E-state index in [0.29, 0.717) is 0 Å². The number of carbonyl (C=O) groups is 3. The highest BCUT2D eigenvalue weighted by Crippen LogP contribution is 2.08. The second-order valence-electron chi connectivity index (χ2n) is 3.57. The molecular formula is C9H16N4O3. The first-order chi connectivity index (χ1) is 7.65. The number of carbonyl (C=O) groups excluding carboxylic acids is 3. The third-order valence-corrected chi connectivity index (χ3v) is 2.42. The molecule has 4 N–H and O–H groups in total. The van der Waals surface area contributed by atoms with Gasteiger partial charge in [0.05, 0.1) is 0 Å². The fourth-order valence-corrected chi connectivity index (χ4v) is 1.55. The van der Waals surface area contributed by atoms with E-state index in [9.17, 15) is 14.4 Å². The number of nitrogens with two attached hydrogens (primary N) is 1. The number of nitrogens with zero attached hydrogens (tertiary/aromatic N) is 1. The Morgan fingerprint density at radius 1 is 1.12 bits per heavy atom. The summed E-state index contributed by atoms with van der Waals surface area (Å²) in [6.45, 7) is 1.73. The summed E-state index contributed by atoms with van der Waals surface area (Å²) in [4.78, 5) is 34.9. The zero-order valence-electron chi connectivity index (χ0n) is 8.99. The Kier molecular flexibility index (Phi) is 4.71. The summed E-state index contributed by atoms with van der Waals surface area (Å²) in [6, 6.07) is 0. The third kappa shape index (κ3) is 3.50. The summed E-state index contributed by atoms with van der Waals surface area (Å²) < 4.78 is 0. The van der Waals surface area contributed by atoms with Crippen LogP contribution in [0.1, 0.15) is 19.3 Å². The van der Waals surface area contributed by atoms with Gasteiger partial charge in [0.1, 0.15) is 0 Å². The van der Waals surface area contributed by atoms with Gasteiger partial charge in [0.2, 0.25) is 5.91 Å². The molecule has 0 bridgehead atoms. The van der Waals surface area contributed by atoms with Gasteiger partial charge in [-0.05, 0) is 12.8 Å². The van der Waals surface area contributed by atoms with Gasteiger partial charge in [-0.2, -0.15) is 0 Å². The summed E-state index contributed by atoms with van der Waals surface area (Å²) in [5.41, 5.74) is 1.71. The Labute approximate surface area is 93.3 Å². The van der Waals surface area contributed by atoms with E-state index in [4.69, 9.17) is 5.84 Å². The van der Waals surface area contributed by atoms with E-state index in [0.717, 1.165) is 25.9 Å². The smallest absolute Gasteiger partial charge is 0.323 e. The summed E-state index contributed by atoms with van der Waals surface area (Å²) in [7, 11) is 0. The maximum Gasteiger partial charge on any atom is 0.323 e. The SMILES string of the molecule is NNC(=O)C(=O)NCCC(=O)N1CCCC1. The van der Waals surface area contributed by atoms with Crippen LogP contribution in [-0.4, -0.2) is 42.3 Å². The second-order valence-corrected chi connectivity index (χ2v) is 3.57. The van der Waals surface area contributed by atoms with Crippen molar-refractivity contribution in [2.45, 2.75) is 19.3 Å². The van der Waals surface area contributed by atoms with Gasteiger partial charge < -0.3 is 10.2 Å². The lowest BCUT2D eigenvalue weighted by atomic mass is 10.3. The fourth-order valence-electron chi connectivity index (χ4n) is 1.55. The molecule has 0 aromatic carbocycles. The molecule has 16 heavy (non-hydrogen) atoms. The van der Waals surface area contributed by atoms with Crippen LogP contribution in [-0.2, 0) is 14.4 Å². The van der Waals surface area contributed by atoms with Crippen molar-refractivity contribution in [2.24, 2.45) is 5.84 Å². The first-order valence-electron chi connectivity index (χ1n) is 5.21. The van der Waals surface area contributed by atoms with Crippen LogP contribution in [0.15, 0.2) is 0 Å². The van der Waals surface area contributed by atoms with Crippen LogP contribution in [0.4, 0.5) is 0 Å². The largest absolute Gasteiger partial charge is 0.347 e. The van der Waals surface area contributed by atoms with Gasteiger partial charge in [0.15, 0.2) is 0 Å². The van der Waals surface area contributed by atoms with Crippen molar-refractivity contribution in [3.05, 3.63) is 0 Å². The lowest BCUT2D eigenvalue weighted by molar-refractivity contribution is -0.139. The molecule has 1 aliphatic rings. The van der Waals surface area contributed by atoms with Crippen molar-refractivity contribution in [3.63, 3.8) is 0 Å². The van der Waals surface area contributed by atoms with Crippen LogP contribution in [0.3, 0.4) is 0 Å². The number of hydrazine groups is 1. The summed E-state index contributed by atoms with van der Waals surface area (Å²) >= 11 is 0. The molecule has 0 atom stereocenters. The highest BCUT2D eigenvalue weighted by Gasteiger charge is 2.18. The van der Waals surface area contributed by atoms with Crippen molar-refractivity contribution >= 4 is 17.7 Å². The number of hydrogen-bond acceptors (Lipinski definition) is 4. The third-order valence-electron chi connectivity index (χ3n) is 2.42. The van der Waals surface area contributed by atoms with E-state index in [1.165, 1.54) is 0 Å². The van der Waals surface area contributed by atoms with Crippen molar-refractivity contribution in [3.8, 4) is 0 Å². The maximum atomic E-state index is 11.5. The van der Waals surface area contributed by atoms with Crippen LogP contribution in [0.25, 0.3) is 0 Å². The Balaban J connectivity index is 2.17. The van der Waals surface area contributed by atoms with E-state index < -0.39 is 11.8 Å². The van der Waals surface area contributed by atoms with Crippen molar-refractivity contribution < 1.29 is 14.4 Å². The molecule has 3 amide bonds. The molecule has 90 valence electrons. The average molecular weight is 228 g/mol. The molecule has 0 aromatic heterocycles. The minimum absolute atomic E-state index is 0.00552. The highest BCUT2D eigenvalue weighted by atomic mass is 16.2. The monoisotopic (exact) mass is 228 g/mol. The summed E-state index contributed by atoms with van der Waals surface area (Å²) in [5.74, 6) is 3.04. The lowest BCUT2D eigenvalue weighted by Gasteiger charge is -2.14. The molecule has 7 nitrogen and oxygen atoms in total. The topological polar surface area (TPSA) is 105 Å². The number of likely N-dealkylation sites (tertiary alicyclic amines) is 1. The normalized spacial score (nSPS) is 14.7. The molecule has 1 heterocycles. The van der Waals surface area contributed by atoms with E-state index in [2.05, 4.69) is 5.32 Å². The van der Waals surface area contributed by atoms with Crippen molar-refractivity contribution in [1.82, 2.24) is 15.6 Å². The van der Waals surface area contributed by atoms with Crippen LogP contribution in [0.2, 0.25) is 0 Å². The number of nitrogens with one attached hydrogen (secondary N) is 2. The molecule has 1 rings (SSSR count). The molecule has 0 unspecified atom stereocenters. The van der Waals surface area contributed by atoms with Crippen LogP contribution in [0.5, 0.6) is 0 Å². The van der Waals surface area contributed by atoms with Gasteiger partial charge in [-0.15, -0.1) is 0 Å². The Morgan fingerprint density at radius 2 is 1.75 bits per heavy atom. The zero-order chi connectivity index (χ0) is 12.0. The zero-order valence-corrected chi connectivity index (χ0v) is 8.99. The van der Waals surface area contributed by atoms with E-state index >= 15 is 0 Å². The van der Waals surface area contributed by atoms with Crippen molar-refractivity contribution in [1.29, 1.82) is 0 Å². The number of amides is 3. The first-order valence-corrected chi connectivity index (χ1v) is 5.21. The molecule has 0 radical (unpaired) electrons. The predicted molar refractivity (Wildman–Crippen MR) is 55.8 cm³/mol. The van der Waals surface area contributed by atoms with Crippen LogP contribution < -0.4 is 16.6 Å². The predicted octanol–water partition coefficient (Wildman–Crippen LogP) is -1.89. The molecule has 0 spiro atoms. The standard InChI is InChI=1S/C9H16N4O3/c10-12-9(16)8(15)11-4-3-7(14)13-5-1-2-6-13/h1-6,10H2,(H,11,15)(H,12,16). The van der Waals surface area contributed by atoms with Crippen molar-refractivity contribution in [2.75, 3.05) is 19.6 Å². The van der Waals surface area contributed by atoms with Gasteiger partial charge in [0, 0.05) is 26.1 Å².